The molecule has 0 bridgehead atoms. The van der Waals surface area contributed by atoms with Crippen LogP contribution in [0.2, 0.25) is 0 Å². The predicted octanol–water partition coefficient (Wildman–Crippen LogP) is 2.99. The number of halogens is 1. The van der Waals surface area contributed by atoms with Crippen molar-refractivity contribution >= 4 is 31.8 Å². The zero-order chi connectivity index (χ0) is 14.0. The summed E-state index contributed by atoms with van der Waals surface area (Å²) in [6.07, 6.45) is 0. The Labute approximate surface area is 120 Å². The lowest BCUT2D eigenvalue weighted by Crippen LogP contribution is -2.13. The molecule has 0 aliphatic carbocycles. The lowest BCUT2D eigenvalue weighted by atomic mass is 10.2. The van der Waals surface area contributed by atoms with Crippen LogP contribution in [0, 0.1) is 13.8 Å². The van der Waals surface area contributed by atoms with Crippen LogP contribution in [0.25, 0.3) is 0 Å². The molecule has 7 heteroatoms. The number of sulfonamides is 1. The Kier molecular flexibility index (Phi) is 3.96. The predicted molar refractivity (Wildman–Crippen MR) is 75.9 cm³/mol. The average Bonchev–Trinajstić information content (AvgIpc) is 2.70. The second kappa shape index (κ2) is 5.34. The van der Waals surface area contributed by atoms with Crippen LogP contribution in [0.5, 0.6) is 0 Å². The lowest BCUT2D eigenvalue weighted by molar-refractivity contribution is 0.430. The minimum Gasteiger partial charge on any atom is -0.337 e. The van der Waals surface area contributed by atoms with Crippen molar-refractivity contribution in [1.29, 1.82) is 0 Å². The zero-order valence-corrected chi connectivity index (χ0v) is 12.9. The molecule has 0 unspecified atom stereocenters. The standard InChI is InChI=1S/C12H13BrN2O3S/c1-8-9(2)14-18-12(8)15-19(16,17)11-5-3-10(7-13)4-6-11/h3-6,15H,7H2,1-2H3. The normalized spacial score (nSPS) is 11.5. The molecule has 0 fully saturated rings. The van der Waals surface area contributed by atoms with Crippen molar-refractivity contribution < 1.29 is 12.9 Å². The number of hydrogen-bond acceptors (Lipinski definition) is 4. The van der Waals surface area contributed by atoms with Gasteiger partial charge in [-0.05, 0) is 31.5 Å². The molecule has 1 N–H and O–H groups in total. The first-order valence-electron chi connectivity index (χ1n) is 5.54. The number of aromatic nitrogens is 1. The van der Waals surface area contributed by atoms with Crippen LogP contribution in [0.4, 0.5) is 5.88 Å². The summed E-state index contributed by atoms with van der Waals surface area (Å²) in [5.41, 5.74) is 2.35. The molecular formula is C12H13BrN2O3S. The summed E-state index contributed by atoms with van der Waals surface area (Å²) < 4.78 is 31.6. The molecule has 1 aromatic heterocycles. The summed E-state index contributed by atoms with van der Waals surface area (Å²) in [6, 6.07) is 6.61. The van der Waals surface area contributed by atoms with Crippen LogP contribution < -0.4 is 4.72 Å². The van der Waals surface area contributed by atoms with Gasteiger partial charge >= 0.3 is 0 Å². The van der Waals surface area contributed by atoms with Crippen molar-refractivity contribution in [2.24, 2.45) is 0 Å². The highest BCUT2D eigenvalue weighted by Gasteiger charge is 2.18. The van der Waals surface area contributed by atoms with E-state index in [0.29, 0.717) is 16.6 Å². The van der Waals surface area contributed by atoms with Gasteiger partial charge < -0.3 is 4.52 Å². The highest BCUT2D eigenvalue weighted by Crippen LogP contribution is 2.22. The summed E-state index contributed by atoms with van der Waals surface area (Å²) in [5, 5.41) is 4.39. The van der Waals surface area contributed by atoms with Crippen molar-refractivity contribution in [2.45, 2.75) is 24.1 Å². The molecule has 0 saturated carbocycles. The van der Waals surface area contributed by atoms with Crippen LogP contribution in [0.15, 0.2) is 33.7 Å². The van der Waals surface area contributed by atoms with E-state index in [1.807, 2.05) is 0 Å². The monoisotopic (exact) mass is 344 g/mol. The van der Waals surface area contributed by atoms with Crippen molar-refractivity contribution in [2.75, 3.05) is 4.72 Å². The summed E-state index contributed by atoms with van der Waals surface area (Å²) in [4.78, 5) is 0.186. The van der Waals surface area contributed by atoms with Crippen molar-refractivity contribution in [3.05, 3.63) is 41.1 Å². The molecule has 102 valence electrons. The molecule has 0 aliphatic rings. The Morgan fingerprint density at radius 1 is 1.26 bits per heavy atom. The van der Waals surface area contributed by atoms with E-state index in [0.717, 1.165) is 5.56 Å². The summed E-state index contributed by atoms with van der Waals surface area (Å²) in [5.74, 6) is 0.155. The molecular weight excluding hydrogens is 332 g/mol. The van der Waals surface area contributed by atoms with Crippen LogP contribution >= 0.6 is 15.9 Å². The van der Waals surface area contributed by atoms with Crippen molar-refractivity contribution in [3.8, 4) is 0 Å². The molecule has 0 amide bonds. The SMILES string of the molecule is Cc1noc(NS(=O)(=O)c2ccc(CBr)cc2)c1C. The summed E-state index contributed by atoms with van der Waals surface area (Å²) in [7, 11) is -3.65. The van der Waals surface area contributed by atoms with Gasteiger partial charge in [-0.25, -0.2) is 13.1 Å². The Morgan fingerprint density at radius 3 is 2.37 bits per heavy atom. The minimum absolute atomic E-state index is 0.155. The van der Waals surface area contributed by atoms with E-state index in [1.165, 1.54) is 0 Å². The van der Waals surface area contributed by atoms with Crippen molar-refractivity contribution in [1.82, 2.24) is 5.16 Å². The first-order chi connectivity index (χ1) is 8.94. The Bertz CT molecular complexity index is 678. The highest BCUT2D eigenvalue weighted by atomic mass is 79.9. The Hall–Kier alpha value is -1.34. The van der Waals surface area contributed by atoms with E-state index >= 15 is 0 Å². The van der Waals surface area contributed by atoms with Gasteiger partial charge in [0, 0.05) is 10.9 Å². The maximum atomic E-state index is 12.2. The number of rotatable bonds is 4. The molecule has 0 aliphatic heterocycles. The lowest BCUT2D eigenvalue weighted by Gasteiger charge is -2.06. The van der Waals surface area contributed by atoms with Gasteiger partial charge in [-0.2, -0.15) is 0 Å². The van der Waals surface area contributed by atoms with E-state index in [2.05, 4.69) is 25.8 Å². The van der Waals surface area contributed by atoms with E-state index in [4.69, 9.17) is 4.52 Å². The summed E-state index contributed by atoms with van der Waals surface area (Å²) >= 11 is 3.31. The molecule has 0 saturated heterocycles. The molecule has 0 spiro atoms. The molecule has 2 rings (SSSR count). The quantitative estimate of drug-likeness (QED) is 0.865. The molecule has 5 nitrogen and oxygen atoms in total. The maximum absolute atomic E-state index is 12.2. The number of hydrogen-bond donors (Lipinski definition) is 1. The third-order valence-corrected chi connectivity index (χ3v) is 4.77. The number of nitrogens with zero attached hydrogens (tertiary/aromatic N) is 1. The molecule has 1 heterocycles. The first kappa shape index (κ1) is 14.1. The number of nitrogens with one attached hydrogen (secondary N) is 1. The van der Waals surface area contributed by atoms with E-state index in [9.17, 15) is 8.42 Å². The van der Waals surface area contributed by atoms with Gasteiger partial charge in [0.1, 0.15) is 0 Å². The van der Waals surface area contributed by atoms with E-state index < -0.39 is 10.0 Å². The molecule has 0 atom stereocenters. The van der Waals surface area contributed by atoms with Gasteiger partial charge in [-0.1, -0.05) is 33.2 Å². The highest BCUT2D eigenvalue weighted by molar-refractivity contribution is 9.08. The van der Waals surface area contributed by atoms with Gasteiger partial charge in [-0.3, -0.25) is 0 Å². The third-order valence-electron chi connectivity index (χ3n) is 2.77. The first-order valence-corrected chi connectivity index (χ1v) is 8.15. The van der Waals surface area contributed by atoms with Crippen LogP contribution in [-0.2, 0) is 15.4 Å². The second-order valence-electron chi connectivity index (χ2n) is 4.11. The third kappa shape index (κ3) is 2.98. The average molecular weight is 345 g/mol. The van der Waals surface area contributed by atoms with Gasteiger partial charge in [-0.15, -0.1) is 0 Å². The number of alkyl halides is 1. The number of aryl methyl sites for hydroxylation is 1. The second-order valence-corrected chi connectivity index (χ2v) is 6.35. The fourth-order valence-electron chi connectivity index (χ4n) is 1.45. The van der Waals surface area contributed by atoms with Gasteiger partial charge in [0.15, 0.2) is 0 Å². The number of benzene rings is 1. The van der Waals surface area contributed by atoms with Crippen LogP contribution in [0.1, 0.15) is 16.8 Å². The van der Waals surface area contributed by atoms with Gasteiger partial charge in [0.2, 0.25) is 5.88 Å². The molecule has 1 aromatic carbocycles. The minimum atomic E-state index is -3.65. The van der Waals surface area contributed by atoms with E-state index in [-0.39, 0.29) is 10.8 Å². The van der Waals surface area contributed by atoms with E-state index in [1.54, 1.807) is 38.1 Å². The Morgan fingerprint density at radius 2 is 1.89 bits per heavy atom. The largest absolute Gasteiger partial charge is 0.337 e. The zero-order valence-electron chi connectivity index (χ0n) is 10.5. The van der Waals surface area contributed by atoms with Crippen molar-refractivity contribution in [3.63, 3.8) is 0 Å². The molecule has 0 radical (unpaired) electrons. The van der Waals surface area contributed by atoms with Gasteiger partial charge in [0.05, 0.1) is 10.6 Å². The fraction of sp³-hybridized carbons (Fsp3) is 0.250. The topological polar surface area (TPSA) is 72.2 Å². The smallest absolute Gasteiger partial charge is 0.264 e. The summed E-state index contributed by atoms with van der Waals surface area (Å²) in [6.45, 7) is 3.50. The fourth-order valence-corrected chi connectivity index (χ4v) is 2.87. The van der Waals surface area contributed by atoms with Crippen LogP contribution in [-0.4, -0.2) is 13.6 Å². The Balaban J connectivity index is 2.29. The number of anilines is 1. The molecule has 19 heavy (non-hydrogen) atoms. The van der Waals surface area contributed by atoms with Gasteiger partial charge in [0.25, 0.3) is 10.0 Å². The molecule has 2 aromatic rings. The van der Waals surface area contributed by atoms with Crippen LogP contribution in [0.3, 0.4) is 0 Å². The maximum Gasteiger partial charge on any atom is 0.264 e.